The SMILES string of the molecule is C=C/C=C(/C)C(C)N(C)C. The molecule has 0 bridgehead atoms. The van der Waals surface area contributed by atoms with Crippen molar-refractivity contribution in [3.63, 3.8) is 0 Å². The highest BCUT2D eigenvalue weighted by Gasteiger charge is 2.03. The summed E-state index contributed by atoms with van der Waals surface area (Å²) in [5, 5.41) is 0. The third-order valence-electron chi connectivity index (χ3n) is 1.81. The molecule has 0 aromatic heterocycles. The van der Waals surface area contributed by atoms with Gasteiger partial charge in [-0.15, -0.1) is 0 Å². The van der Waals surface area contributed by atoms with Crippen molar-refractivity contribution in [1.82, 2.24) is 4.90 Å². The van der Waals surface area contributed by atoms with Gasteiger partial charge in [-0.25, -0.2) is 0 Å². The molecular weight excluding hydrogens is 122 g/mol. The summed E-state index contributed by atoms with van der Waals surface area (Å²) in [4.78, 5) is 2.18. The summed E-state index contributed by atoms with van der Waals surface area (Å²) < 4.78 is 0. The van der Waals surface area contributed by atoms with E-state index in [1.54, 1.807) is 0 Å². The van der Waals surface area contributed by atoms with Gasteiger partial charge in [0, 0.05) is 6.04 Å². The zero-order chi connectivity index (χ0) is 8.15. The molecule has 0 rings (SSSR count). The fraction of sp³-hybridized carbons (Fsp3) is 0.556. The van der Waals surface area contributed by atoms with Gasteiger partial charge in [-0.3, -0.25) is 0 Å². The Morgan fingerprint density at radius 2 is 2.00 bits per heavy atom. The lowest BCUT2D eigenvalue weighted by atomic mass is 10.1. The number of rotatable bonds is 3. The van der Waals surface area contributed by atoms with Gasteiger partial charge in [-0.2, -0.15) is 0 Å². The molecule has 0 radical (unpaired) electrons. The van der Waals surface area contributed by atoms with Gasteiger partial charge < -0.3 is 4.90 Å². The number of hydrogen-bond donors (Lipinski definition) is 0. The Kier molecular flexibility index (Phi) is 4.05. The van der Waals surface area contributed by atoms with Gasteiger partial charge in [0.05, 0.1) is 0 Å². The molecule has 1 unspecified atom stereocenters. The lowest BCUT2D eigenvalue weighted by Gasteiger charge is -2.19. The molecule has 58 valence electrons. The molecule has 0 saturated carbocycles. The highest BCUT2D eigenvalue weighted by molar-refractivity contribution is 5.12. The summed E-state index contributed by atoms with van der Waals surface area (Å²) in [5.41, 5.74) is 1.35. The highest BCUT2D eigenvalue weighted by Crippen LogP contribution is 2.05. The molecule has 0 saturated heterocycles. The minimum absolute atomic E-state index is 0.512. The second-order valence-electron chi connectivity index (χ2n) is 2.79. The average Bonchev–Trinajstić information content (AvgIpc) is 1.87. The van der Waals surface area contributed by atoms with Crippen LogP contribution in [0.3, 0.4) is 0 Å². The standard InChI is InChI=1S/C9H17N/c1-6-7-8(2)9(3)10(4)5/h6-7,9H,1H2,2-5H3/b8-7-. The van der Waals surface area contributed by atoms with Crippen LogP contribution in [0.25, 0.3) is 0 Å². The van der Waals surface area contributed by atoms with Crippen LogP contribution in [0.5, 0.6) is 0 Å². The molecule has 1 atom stereocenters. The van der Waals surface area contributed by atoms with E-state index in [0.29, 0.717) is 6.04 Å². The quantitative estimate of drug-likeness (QED) is 0.541. The first-order valence-corrected chi connectivity index (χ1v) is 3.55. The molecule has 0 aliphatic heterocycles. The predicted octanol–water partition coefficient (Wildman–Crippen LogP) is 2.07. The normalized spacial score (nSPS) is 15.5. The molecular formula is C9H17N. The molecule has 10 heavy (non-hydrogen) atoms. The summed E-state index contributed by atoms with van der Waals surface area (Å²) in [6.45, 7) is 7.94. The van der Waals surface area contributed by atoms with Crippen molar-refractivity contribution >= 4 is 0 Å². The van der Waals surface area contributed by atoms with Crippen LogP contribution in [-0.2, 0) is 0 Å². The molecule has 0 heterocycles. The van der Waals surface area contributed by atoms with E-state index in [4.69, 9.17) is 0 Å². The van der Waals surface area contributed by atoms with Crippen molar-refractivity contribution in [1.29, 1.82) is 0 Å². The van der Waals surface area contributed by atoms with Gasteiger partial charge in [-0.05, 0) is 27.9 Å². The van der Waals surface area contributed by atoms with Crippen molar-refractivity contribution in [2.24, 2.45) is 0 Å². The fourth-order valence-corrected chi connectivity index (χ4v) is 0.732. The molecule has 0 spiro atoms. The zero-order valence-corrected chi connectivity index (χ0v) is 7.39. The molecule has 0 fully saturated rings. The maximum atomic E-state index is 3.65. The maximum absolute atomic E-state index is 3.65. The molecule has 0 aromatic carbocycles. The highest BCUT2D eigenvalue weighted by atomic mass is 15.1. The Morgan fingerprint density at radius 1 is 1.50 bits per heavy atom. The monoisotopic (exact) mass is 139 g/mol. The van der Waals surface area contributed by atoms with E-state index >= 15 is 0 Å². The lowest BCUT2D eigenvalue weighted by Crippen LogP contribution is -2.25. The van der Waals surface area contributed by atoms with E-state index in [1.165, 1.54) is 5.57 Å². The van der Waals surface area contributed by atoms with Crippen molar-refractivity contribution < 1.29 is 0 Å². The Balaban J connectivity index is 4.06. The topological polar surface area (TPSA) is 3.24 Å². The van der Waals surface area contributed by atoms with Gasteiger partial charge in [0.1, 0.15) is 0 Å². The Hall–Kier alpha value is -0.560. The van der Waals surface area contributed by atoms with E-state index in [9.17, 15) is 0 Å². The second kappa shape index (κ2) is 4.29. The summed E-state index contributed by atoms with van der Waals surface area (Å²) in [6, 6.07) is 0.512. The van der Waals surface area contributed by atoms with Crippen molar-refractivity contribution in [3.8, 4) is 0 Å². The smallest absolute Gasteiger partial charge is 0.0273 e. The Labute approximate surface area is 64.0 Å². The fourth-order valence-electron chi connectivity index (χ4n) is 0.732. The van der Waals surface area contributed by atoms with Gasteiger partial charge >= 0.3 is 0 Å². The second-order valence-corrected chi connectivity index (χ2v) is 2.79. The molecule has 1 heteroatoms. The van der Waals surface area contributed by atoms with Crippen LogP contribution in [0.15, 0.2) is 24.3 Å². The van der Waals surface area contributed by atoms with Crippen LogP contribution in [-0.4, -0.2) is 25.0 Å². The van der Waals surface area contributed by atoms with Crippen LogP contribution in [0.4, 0.5) is 0 Å². The van der Waals surface area contributed by atoms with Crippen molar-refractivity contribution in [2.45, 2.75) is 19.9 Å². The van der Waals surface area contributed by atoms with Crippen LogP contribution < -0.4 is 0 Å². The maximum Gasteiger partial charge on any atom is 0.0273 e. The Bertz CT molecular complexity index is 134. The summed E-state index contributed by atoms with van der Waals surface area (Å²) in [7, 11) is 4.15. The van der Waals surface area contributed by atoms with Crippen LogP contribution in [0, 0.1) is 0 Å². The number of allylic oxidation sites excluding steroid dienone is 2. The van der Waals surface area contributed by atoms with E-state index in [-0.39, 0.29) is 0 Å². The van der Waals surface area contributed by atoms with Crippen molar-refractivity contribution in [3.05, 3.63) is 24.3 Å². The molecule has 0 aromatic rings. The first-order chi connectivity index (χ1) is 4.59. The van der Waals surface area contributed by atoms with Crippen LogP contribution in [0.2, 0.25) is 0 Å². The van der Waals surface area contributed by atoms with Crippen molar-refractivity contribution in [2.75, 3.05) is 14.1 Å². The number of likely N-dealkylation sites (N-methyl/N-ethyl adjacent to an activating group) is 1. The van der Waals surface area contributed by atoms with Gasteiger partial charge in [0.25, 0.3) is 0 Å². The summed E-state index contributed by atoms with van der Waals surface area (Å²) >= 11 is 0. The largest absolute Gasteiger partial charge is 0.303 e. The zero-order valence-electron chi connectivity index (χ0n) is 7.39. The first kappa shape index (κ1) is 9.44. The van der Waals surface area contributed by atoms with Crippen LogP contribution >= 0.6 is 0 Å². The van der Waals surface area contributed by atoms with E-state index in [2.05, 4.69) is 39.4 Å². The average molecular weight is 139 g/mol. The third-order valence-corrected chi connectivity index (χ3v) is 1.81. The number of nitrogens with zero attached hydrogens (tertiary/aromatic N) is 1. The minimum atomic E-state index is 0.512. The molecule has 0 aliphatic rings. The summed E-state index contributed by atoms with van der Waals surface area (Å²) in [5.74, 6) is 0. The van der Waals surface area contributed by atoms with E-state index < -0.39 is 0 Å². The lowest BCUT2D eigenvalue weighted by molar-refractivity contribution is 0.350. The first-order valence-electron chi connectivity index (χ1n) is 3.55. The van der Waals surface area contributed by atoms with Crippen LogP contribution in [0.1, 0.15) is 13.8 Å². The van der Waals surface area contributed by atoms with E-state index in [0.717, 1.165) is 0 Å². The molecule has 0 N–H and O–H groups in total. The minimum Gasteiger partial charge on any atom is -0.303 e. The third kappa shape index (κ3) is 2.83. The van der Waals surface area contributed by atoms with Gasteiger partial charge in [0.2, 0.25) is 0 Å². The Morgan fingerprint density at radius 3 is 2.30 bits per heavy atom. The molecule has 0 aliphatic carbocycles. The predicted molar refractivity (Wildman–Crippen MR) is 47.1 cm³/mol. The summed E-state index contributed by atoms with van der Waals surface area (Å²) in [6.07, 6.45) is 3.88. The van der Waals surface area contributed by atoms with Gasteiger partial charge in [-0.1, -0.05) is 24.3 Å². The van der Waals surface area contributed by atoms with Gasteiger partial charge in [0.15, 0.2) is 0 Å². The van der Waals surface area contributed by atoms with E-state index in [1.807, 2.05) is 12.2 Å². The number of hydrogen-bond acceptors (Lipinski definition) is 1. The molecule has 1 nitrogen and oxygen atoms in total. The molecule has 0 amide bonds.